The van der Waals surface area contributed by atoms with Crippen molar-refractivity contribution in [1.29, 1.82) is 0 Å². The Morgan fingerprint density at radius 1 is 1.14 bits per heavy atom. The van der Waals surface area contributed by atoms with Crippen molar-refractivity contribution in [2.45, 2.75) is 6.10 Å². The van der Waals surface area contributed by atoms with Crippen LogP contribution in [-0.4, -0.2) is 39.8 Å². The lowest BCUT2D eigenvalue weighted by Gasteiger charge is -2.41. The van der Waals surface area contributed by atoms with Crippen LogP contribution in [0.2, 0.25) is 15.1 Å². The minimum atomic E-state index is -3.81. The molecule has 1 aliphatic rings. The maximum absolute atomic E-state index is 13.9. The van der Waals surface area contributed by atoms with E-state index in [0.29, 0.717) is 23.1 Å². The molecule has 0 aromatic heterocycles. The standard InChI is InChI=1S/C17H14Cl3FN2O4S/c1-28(25,26)22-17(24)13-5-14(20)15(21)6-16(13)27-12-7-23(8-12)11-3-9(18)2-10(19)4-11/h2-6,12H,7-8H2,1H3,(H,22,24). The van der Waals surface area contributed by atoms with Crippen LogP contribution in [0.3, 0.4) is 0 Å². The van der Waals surface area contributed by atoms with Gasteiger partial charge in [0.1, 0.15) is 17.7 Å². The molecule has 1 fully saturated rings. The van der Waals surface area contributed by atoms with Crippen molar-refractivity contribution in [2.24, 2.45) is 0 Å². The quantitative estimate of drug-likeness (QED) is 0.725. The minimum absolute atomic E-state index is 0.100. The van der Waals surface area contributed by atoms with Crippen LogP contribution in [0, 0.1) is 5.82 Å². The van der Waals surface area contributed by atoms with Gasteiger partial charge < -0.3 is 9.64 Å². The van der Waals surface area contributed by atoms with Gasteiger partial charge in [0.2, 0.25) is 10.0 Å². The molecule has 1 amide bonds. The zero-order valence-electron chi connectivity index (χ0n) is 14.4. The molecule has 0 aliphatic carbocycles. The Balaban J connectivity index is 1.76. The normalized spacial score (nSPS) is 14.5. The van der Waals surface area contributed by atoms with Gasteiger partial charge in [-0.25, -0.2) is 17.5 Å². The molecule has 1 N–H and O–H groups in total. The van der Waals surface area contributed by atoms with Gasteiger partial charge in [-0.15, -0.1) is 0 Å². The zero-order valence-corrected chi connectivity index (χ0v) is 17.5. The second-order valence-corrected chi connectivity index (χ2v) is 9.27. The van der Waals surface area contributed by atoms with Gasteiger partial charge in [0, 0.05) is 21.8 Å². The van der Waals surface area contributed by atoms with E-state index in [9.17, 15) is 17.6 Å². The van der Waals surface area contributed by atoms with Gasteiger partial charge in [-0.2, -0.15) is 0 Å². The molecule has 150 valence electrons. The van der Waals surface area contributed by atoms with E-state index >= 15 is 0 Å². The summed E-state index contributed by atoms with van der Waals surface area (Å²) in [6.45, 7) is 0.877. The average Bonchev–Trinajstić information content (AvgIpc) is 2.50. The van der Waals surface area contributed by atoms with E-state index in [1.54, 1.807) is 18.2 Å². The molecule has 6 nitrogen and oxygen atoms in total. The van der Waals surface area contributed by atoms with Crippen molar-refractivity contribution in [3.8, 4) is 5.75 Å². The molecule has 0 atom stereocenters. The molecule has 0 saturated carbocycles. The molecule has 1 aliphatic heterocycles. The van der Waals surface area contributed by atoms with Crippen molar-refractivity contribution in [3.05, 3.63) is 56.8 Å². The average molecular weight is 468 g/mol. The fourth-order valence-corrected chi connectivity index (χ4v) is 3.78. The fraction of sp³-hybridized carbons (Fsp3) is 0.235. The number of hydrogen-bond acceptors (Lipinski definition) is 5. The van der Waals surface area contributed by atoms with Crippen LogP contribution in [0.25, 0.3) is 0 Å². The molecule has 1 saturated heterocycles. The van der Waals surface area contributed by atoms with E-state index < -0.39 is 21.7 Å². The largest absolute Gasteiger partial charge is 0.486 e. The Bertz CT molecular complexity index is 1020. The predicted molar refractivity (Wildman–Crippen MR) is 107 cm³/mol. The lowest BCUT2D eigenvalue weighted by molar-refractivity contribution is 0.0971. The lowest BCUT2D eigenvalue weighted by Crippen LogP contribution is -2.54. The SMILES string of the molecule is CS(=O)(=O)NC(=O)c1cc(Cl)c(F)cc1OC1CN(c2cc(Cl)cc(Cl)c2)C1. The first kappa shape index (κ1) is 21.0. The second-order valence-electron chi connectivity index (χ2n) is 6.24. The number of ether oxygens (including phenoxy) is 1. The zero-order chi connectivity index (χ0) is 20.6. The third kappa shape index (κ3) is 5.00. The topological polar surface area (TPSA) is 75.7 Å². The summed E-state index contributed by atoms with van der Waals surface area (Å²) >= 11 is 17.7. The van der Waals surface area contributed by atoms with Crippen molar-refractivity contribution in [1.82, 2.24) is 4.72 Å². The smallest absolute Gasteiger partial charge is 0.268 e. The molecule has 0 spiro atoms. The van der Waals surface area contributed by atoms with Gasteiger partial charge in [-0.1, -0.05) is 34.8 Å². The van der Waals surface area contributed by atoms with Crippen LogP contribution in [0.5, 0.6) is 5.75 Å². The summed E-state index contributed by atoms with van der Waals surface area (Å²) < 4.78 is 44.0. The number of anilines is 1. The number of rotatable bonds is 5. The molecule has 11 heteroatoms. The minimum Gasteiger partial charge on any atom is -0.486 e. The van der Waals surface area contributed by atoms with Gasteiger partial charge in [0.25, 0.3) is 5.91 Å². The Morgan fingerprint density at radius 2 is 1.75 bits per heavy atom. The van der Waals surface area contributed by atoms with Crippen molar-refractivity contribution < 1.29 is 22.3 Å². The molecule has 28 heavy (non-hydrogen) atoms. The first-order chi connectivity index (χ1) is 13.0. The number of carbonyl (C=O) groups is 1. The highest BCUT2D eigenvalue weighted by Gasteiger charge is 2.31. The van der Waals surface area contributed by atoms with Crippen molar-refractivity contribution in [3.63, 3.8) is 0 Å². The van der Waals surface area contributed by atoms with Gasteiger partial charge in [-0.3, -0.25) is 4.79 Å². The van der Waals surface area contributed by atoms with Crippen molar-refractivity contribution in [2.75, 3.05) is 24.2 Å². The summed E-state index contributed by atoms with van der Waals surface area (Å²) in [5, 5.41) is 0.660. The lowest BCUT2D eigenvalue weighted by atomic mass is 10.1. The first-order valence-electron chi connectivity index (χ1n) is 7.90. The van der Waals surface area contributed by atoms with E-state index in [-0.39, 0.29) is 22.4 Å². The fourth-order valence-electron chi connectivity index (χ4n) is 2.65. The number of nitrogens with zero attached hydrogens (tertiary/aromatic N) is 1. The number of amides is 1. The Hall–Kier alpha value is -1.74. The number of nitrogens with one attached hydrogen (secondary N) is 1. The van der Waals surface area contributed by atoms with Gasteiger partial charge in [0.05, 0.1) is 29.9 Å². The van der Waals surface area contributed by atoms with Crippen LogP contribution >= 0.6 is 34.8 Å². The molecule has 1 heterocycles. The number of sulfonamides is 1. The molecule has 3 rings (SSSR count). The van der Waals surface area contributed by atoms with Gasteiger partial charge >= 0.3 is 0 Å². The van der Waals surface area contributed by atoms with Crippen LogP contribution in [0.4, 0.5) is 10.1 Å². The maximum Gasteiger partial charge on any atom is 0.268 e. The van der Waals surface area contributed by atoms with Crippen LogP contribution in [0.15, 0.2) is 30.3 Å². The summed E-state index contributed by atoms with van der Waals surface area (Å²) in [5.74, 6) is -1.85. The predicted octanol–water partition coefficient (Wildman–Crippen LogP) is 3.74. The van der Waals surface area contributed by atoms with Crippen molar-refractivity contribution >= 4 is 56.4 Å². The molecular weight excluding hydrogens is 454 g/mol. The monoisotopic (exact) mass is 466 g/mol. The highest BCUT2D eigenvalue weighted by molar-refractivity contribution is 7.89. The number of benzene rings is 2. The Kier molecular flexibility index (Phi) is 5.95. The first-order valence-corrected chi connectivity index (χ1v) is 10.9. The third-order valence-corrected chi connectivity index (χ3v) is 5.18. The van der Waals surface area contributed by atoms with Gasteiger partial charge in [-0.05, 0) is 24.3 Å². The van der Waals surface area contributed by atoms with E-state index in [2.05, 4.69) is 0 Å². The number of halogens is 4. The highest BCUT2D eigenvalue weighted by Crippen LogP contribution is 2.32. The molecule has 0 radical (unpaired) electrons. The van der Waals surface area contributed by atoms with E-state index in [1.807, 2.05) is 9.62 Å². The molecule has 2 aromatic carbocycles. The number of carbonyl (C=O) groups excluding carboxylic acids is 1. The molecule has 0 unspecified atom stereocenters. The molecule has 0 bridgehead atoms. The van der Waals surface area contributed by atoms with E-state index in [0.717, 1.165) is 24.1 Å². The van der Waals surface area contributed by atoms with Crippen LogP contribution in [-0.2, 0) is 10.0 Å². The third-order valence-electron chi connectivity index (χ3n) is 3.90. The summed E-state index contributed by atoms with van der Waals surface area (Å²) in [4.78, 5) is 14.1. The molecule has 2 aromatic rings. The van der Waals surface area contributed by atoms with Crippen LogP contribution < -0.4 is 14.4 Å². The Morgan fingerprint density at radius 3 is 2.32 bits per heavy atom. The second kappa shape index (κ2) is 7.94. The highest BCUT2D eigenvalue weighted by atomic mass is 35.5. The van der Waals surface area contributed by atoms with Crippen LogP contribution in [0.1, 0.15) is 10.4 Å². The van der Waals surface area contributed by atoms with E-state index in [4.69, 9.17) is 39.5 Å². The summed E-state index contributed by atoms with van der Waals surface area (Å²) in [7, 11) is -3.81. The summed E-state index contributed by atoms with van der Waals surface area (Å²) in [6, 6.07) is 7.09. The summed E-state index contributed by atoms with van der Waals surface area (Å²) in [6.07, 6.45) is 0.472. The number of hydrogen-bond donors (Lipinski definition) is 1. The molecular formula is C17H14Cl3FN2O4S. The van der Waals surface area contributed by atoms with E-state index in [1.165, 1.54) is 0 Å². The summed E-state index contributed by atoms with van der Waals surface area (Å²) in [5.41, 5.74) is 0.621. The Labute approximate surface area is 176 Å². The maximum atomic E-state index is 13.9. The van der Waals surface area contributed by atoms with Gasteiger partial charge in [0.15, 0.2) is 0 Å².